The Morgan fingerprint density at radius 1 is 1.46 bits per heavy atom. The van der Waals surface area contributed by atoms with E-state index in [-0.39, 0.29) is 17.5 Å². The van der Waals surface area contributed by atoms with Crippen molar-refractivity contribution in [3.8, 4) is 12.1 Å². The molecule has 0 saturated heterocycles. The normalized spacial score (nSPS) is 8.77. The molecular weight excluding hydrogens is 166 g/mol. The molecular formula is C9H7N3O. The first kappa shape index (κ1) is 9.02. The van der Waals surface area contributed by atoms with Crippen LogP contribution in [0.1, 0.15) is 17.7 Å². The zero-order valence-corrected chi connectivity index (χ0v) is 6.87. The molecule has 1 rings (SSSR count). The summed E-state index contributed by atoms with van der Waals surface area (Å²) in [5.74, 6) is 0. The van der Waals surface area contributed by atoms with E-state index in [0.717, 1.165) is 0 Å². The Balaban J connectivity index is 3.12. The topological polar surface area (TPSA) is 80.4 Å². The molecule has 13 heavy (non-hydrogen) atoms. The lowest BCUT2D eigenvalue weighted by Crippen LogP contribution is -2.10. The third-order valence-corrected chi connectivity index (χ3v) is 1.66. The van der Waals surface area contributed by atoms with Crippen molar-refractivity contribution in [1.29, 1.82) is 10.5 Å². The Bertz CT molecular complexity index is 433. The highest BCUT2D eigenvalue weighted by Crippen LogP contribution is 2.00. The molecule has 0 radical (unpaired) electrons. The summed E-state index contributed by atoms with van der Waals surface area (Å²) in [5, 5.41) is 17.0. The Labute approximate surface area is 75.1 Å². The Morgan fingerprint density at radius 3 is 2.85 bits per heavy atom. The number of nitrogens with one attached hydrogen (secondary N) is 1. The summed E-state index contributed by atoms with van der Waals surface area (Å²) in [6, 6.07) is 5.17. The summed E-state index contributed by atoms with van der Waals surface area (Å²) in [7, 11) is 0. The van der Waals surface area contributed by atoms with E-state index in [1.165, 1.54) is 12.3 Å². The second-order valence-electron chi connectivity index (χ2n) is 2.47. The van der Waals surface area contributed by atoms with Crippen LogP contribution in [0.2, 0.25) is 0 Å². The monoisotopic (exact) mass is 173 g/mol. The first-order valence-electron chi connectivity index (χ1n) is 3.77. The van der Waals surface area contributed by atoms with Gasteiger partial charge in [-0.1, -0.05) is 0 Å². The van der Waals surface area contributed by atoms with Crippen LogP contribution in [-0.2, 0) is 6.42 Å². The lowest BCUT2D eigenvalue weighted by molar-refractivity contribution is 0.972. The number of pyridine rings is 1. The van der Waals surface area contributed by atoms with E-state index in [2.05, 4.69) is 4.98 Å². The molecule has 1 aromatic rings. The SMILES string of the molecule is N#CCCc1c(C#N)[nH]ccc1=O. The van der Waals surface area contributed by atoms with E-state index >= 15 is 0 Å². The smallest absolute Gasteiger partial charge is 0.186 e. The Hall–Kier alpha value is -2.07. The molecule has 0 spiro atoms. The quantitative estimate of drug-likeness (QED) is 0.714. The van der Waals surface area contributed by atoms with E-state index in [4.69, 9.17) is 10.5 Å². The van der Waals surface area contributed by atoms with E-state index < -0.39 is 0 Å². The average molecular weight is 173 g/mol. The van der Waals surface area contributed by atoms with Gasteiger partial charge in [-0.15, -0.1) is 0 Å². The molecule has 4 heteroatoms. The summed E-state index contributed by atoms with van der Waals surface area (Å²) in [4.78, 5) is 13.9. The van der Waals surface area contributed by atoms with Crippen LogP contribution in [-0.4, -0.2) is 4.98 Å². The second-order valence-corrected chi connectivity index (χ2v) is 2.47. The number of rotatable bonds is 2. The minimum absolute atomic E-state index is 0.189. The zero-order chi connectivity index (χ0) is 9.68. The average Bonchev–Trinajstić information content (AvgIpc) is 2.15. The zero-order valence-electron chi connectivity index (χ0n) is 6.87. The van der Waals surface area contributed by atoms with Crippen LogP contribution in [0.3, 0.4) is 0 Å². The van der Waals surface area contributed by atoms with E-state index in [1.54, 1.807) is 0 Å². The summed E-state index contributed by atoms with van der Waals surface area (Å²) < 4.78 is 0. The fourth-order valence-electron chi connectivity index (χ4n) is 1.04. The van der Waals surface area contributed by atoms with Crippen molar-refractivity contribution in [2.45, 2.75) is 12.8 Å². The van der Waals surface area contributed by atoms with Crippen LogP contribution in [0.5, 0.6) is 0 Å². The summed E-state index contributed by atoms with van der Waals surface area (Å²) in [6.07, 6.45) is 2.01. The maximum Gasteiger partial charge on any atom is 0.186 e. The lowest BCUT2D eigenvalue weighted by atomic mass is 10.1. The predicted molar refractivity (Wildman–Crippen MR) is 45.7 cm³/mol. The summed E-state index contributed by atoms with van der Waals surface area (Å²) in [6.45, 7) is 0. The van der Waals surface area contributed by atoms with Crippen LogP contribution in [0, 0.1) is 22.7 Å². The maximum atomic E-state index is 11.2. The van der Waals surface area contributed by atoms with Crippen molar-refractivity contribution < 1.29 is 0 Å². The van der Waals surface area contributed by atoms with Crippen molar-refractivity contribution >= 4 is 0 Å². The van der Waals surface area contributed by atoms with Gasteiger partial charge in [-0.05, 0) is 6.42 Å². The molecule has 1 N–H and O–H groups in total. The van der Waals surface area contributed by atoms with Crippen molar-refractivity contribution in [1.82, 2.24) is 4.98 Å². The van der Waals surface area contributed by atoms with Crippen LogP contribution >= 0.6 is 0 Å². The number of nitrogens with zero attached hydrogens (tertiary/aromatic N) is 2. The summed E-state index contributed by atoms with van der Waals surface area (Å²) in [5.41, 5.74) is 0.458. The summed E-state index contributed by atoms with van der Waals surface area (Å²) >= 11 is 0. The first-order valence-corrected chi connectivity index (χ1v) is 3.77. The van der Waals surface area contributed by atoms with Gasteiger partial charge in [-0.3, -0.25) is 4.79 Å². The molecule has 0 atom stereocenters. The van der Waals surface area contributed by atoms with Gasteiger partial charge in [0.1, 0.15) is 11.8 Å². The highest BCUT2D eigenvalue weighted by atomic mass is 16.1. The lowest BCUT2D eigenvalue weighted by Gasteiger charge is -1.97. The molecule has 0 fully saturated rings. The number of hydrogen-bond donors (Lipinski definition) is 1. The molecule has 0 aliphatic rings. The van der Waals surface area contributed by atoms with Crippen LogP contribution in [0.25, 0.3) is 0 Å². The van der Waals surface area contributed by atoms with Crippen molar-refractivity contribution in [3.63, 3.8) is 0 Å². The minimum atomic E-state index is -0.189. The Morgan fingerprint density at radius 2 is 2.23 bits per heavy atom. The van der Waals surface area contributed by atoms with Crippen LogP contribution in [0.4, 0.5) is 0 Å². The Kier molecular flexibility index (Phi) is 2.83. The van der Waals surface area contributed by atoms with Crippen LogP contribution < -0.4 is 5.43 Å². The minimum Gasteiger partial charge on any atom is -0.353 e. The van der Waals surface area contributed by atoms with Gasteiger partial charge >= 0.3 is 0 Å². The van der Waals surface area contributed by atoms with Gasteiger partial charge < -0.3 is 4.98 Å². The number of hydrogen-bond acceptors (Lipinski definition) is 3. The van der Waals surface area contributed by atoms with Crippen molar-refractivity contribution in [2.24, 2.45) is 0 Å². The molecule has 64 valence electrons. The standard InChI is InChI=1S/C9H7N3O/c10-4-1-2-7-8(6-11)12-5-3-9(7)13/h3,5H,1-2H2,(H,12,13). The number of H-pyrrole nitrogens is 1. The molecule has 1 heterocycles. The van der Waals surface area contributed by atoms with Gasteiger partial charge in [0.05, 0.1) is 6.07 Å². The van der Waals surface area contributed by atoms with Gasteiger partial charge in [0.25, 0.3) is 0 Å². The second kappa shape index (κ2) is 4.08. The highest BCUT2D eigenvalue weighted by molar-refractivity contribution is 5.30. The molecule has 0 aromatic carbocycles. The molecule has 0 aliphatic heterocycles. The molecule has 0 amide bonds. The van der Waals surface area contributed by atoms with Gasteiger partial charge in [-0.25, -0.2) is 0 Å². The van der Waals surface area contributed by atoms with Crippen LogP contribution in [0.15, 0.2) is 17.1 Å². The predicted octanol–water partition coefficient (Wildman–Crippen LogP) is 0.703. The van der Waals surface area contributed by atoms with Gasteiger partial charge in [0, 0.05) is 24.2 Å². The number of aromatic amines is 1. The van der Waals surface area contributed by atoms with Gasteiger partial charge in [-0.2, -0.15) is 10.5 Å². The van der Waals surface area contributed by atoms with Crippen molar-refractivity contribution in [3.05, 3.63) is 33.7 Å². The van der Waals surface area contributed by atoms with E-state index in [1.807, 2.05) is 12.1 Å². The first-order chi connectivity index (χ1) is 6.29. The fourth-order valence-corrected chi connectivity index (χ4v) is 1.04. The highest BCUT2D eigenvalue weighted by Gasteiger charge is 2.05. The third kappa shape index (κ3) is 1.94. The molecule has 4 nitrogen and oxygen atoms in total. The van der Waals surface area contributed by atoms with Gasteiger partial charge in [0.2, 0.25) is 0 Å². The van der Waals surface area contributed by atoms with Gasteiger partial charge in [0.15, 0.2) is 5.43 Å². The number of aromatic nitrogens is 1. The fraction of sp³-hybridized carbons (Fsp3) is 0.222. The maximum absolute atomic E-state index is 11.2. The molecule has 0 saturated carbocycles. The third-order valence-electron chi connectivity index (χ3n) is 1.66. The van der Waals surface area contributed by atoms with E-state index in [0.29, 0.717) is 12.0 Å². The van der Waals surface area contributed by atoms with E-state index in [9.17, 15) is 4.79 Å². The van der Waals surface area contributed by atoms with Crippen molar-refractivity contribution in [2.75, 3.05) is 0 Å². The number of nitriles is 2. The largest absolute Gasteiger partial charge is 0.353 e. The molecule has 1 aromatic heterocycles. The molecule has 0 bridgehead atoms. The molecule has 0 aliphatic carbocycles. The molecule has 0 unspecified atom stereocenters.